The van der Waals surface area contributed by atoms with Gasteiger partial charge in [-0.25, -0.2) is 0 Å². The highest BCUT2D eigenvalue weighted by Gasteiger charge is 2.27. The Morgan fingerprint density at radius 2 is 1.83 bits per heavy atom. The van der Waals surface area contributed by atoms with Crippen molar-refractivity contribution in [1.82, 2.24) is 5.32 Å². The van der Waals surface area contributed by atoms with Gasteiger partial charge in [0, 0.05) is 12.0 Å². The second-order valence-corrected chi connectivity index (χ2v) is 4.08. The van der Waals surface area contributed by atoms with Crippen molar-refractivity contribution < 1.29 is 19.0 Å². The Hall–Kier alpha value is -1.91. The van der Waals surface area contributed by atoms with E-state index in [-0.39, 0.29) is 11.9 Å². The standard InChI is InChI=1S/C13H17NO4/c1-16-10-6-4-8(9-5-7-11(15)14-9)12(17-2)13(10)18-3/h4,6,9H,5,7H2,1-3H3,(H,14,15). The molecule has 1 atom stereocenters. The number of amides is 1. The minimum Gasteiger partial charge on any atom is -0.493 e. The Bertz CT molecular complexity index is 459. The maximum Gasteiger partial charge on any atom is 0.220 e. The van der Waals surface area contributed by atoms with E-state index in [9.17, 15) is 4.79 Å². The first-order chi connectivity index (χ1) is 8.71. The van der Waals surface area contributed by atoms with Crippen LogP contribution < -0.4 is 19.5 Å². The molecule has 98 valence electrons. The molecule has 1 saturated heterocycles. The number of hydrogen-bond acceptors (Lipinski definition) is 4. The minimum absolute atomic E-state index is 0.0211. The molecule has 1 heterocycles. The SMILES string of the molecule is COc1ccc(C2CCC(=O)N2)c(OC)c1OC. The molecule has 18 heavy (non-hydrogen) atoms. The third kappa shape index (κ3) is 2.08. The van der Waals surface area contributed by atoms with Crippen LogP contribution >= 0.6 is 0 Å². The van der Waals surface area contributed by atoms with Crippen molar-refractivity contribution in [3.8, 4) is 17.2 Å². The molecular weight excluding hydrogens is 234 g/mol. The summed E-state index contributed by atoms with van der Waals surface area (Å²) >= 11 is 0. The van der Waals surface area contributed by atoms with Crippen LogP contribution in [0.25, 0.3) is 0 Å². The van der Waals surface area contributed by atoms with Gasteiger partial charge in [-0.1, -0.05) is 0 Å². The number of carbonyl (C=O) groups is 1. The van der Waals surface area contributed by atoms with E-state index in [0.717, 1.165) is 12.0 Å². The number of rotatable bonds is 4. The number of nitrogens with one attached hydrogen (secondary N) is 1. The summed E-state index contributed by atoms with van der Waals surface area (Å²) in [6, 6.07) is 3.70. The number of carbonyl (C=O) groups excluding carboxylic acids is 1. The summed E-state index contributed by atoms with van der Waals surface area (Å²) in [7, 11) is 4.73. The highest BCUT2D eigenvalue weighted by molar-refractivity contribution is 5.79. The molecular formula is C13H17NO4. The second-order valence-electron chi connectivity index (χ2n) is 4.08. The molecule has 1 aromatic rings. The van der Waals surface area contributed by atoms with Crippen molar-refractivity contribution in [2.24, 2.45) is 0 Å². The van der Waals surface area contributed by atoms with E-state index < -0.39 is 0 Å². The Balaban J connectivity index is 2.44. The van der Waals surface area contributed by atoms with Crippen LogP contribution in [-0.2, 0) is 4.79 Å². The molecule has 5 nitrogen and oxygen atoms in total. The zero-order valence-electron chi connectivity index (χ0n) is 10.8. The van der Waals surface area contributed by atoms with Crippen LogP contribution in [-0.4, -0.2) is 27.2 Å². The Labute approximate surface area is 106 Å². The van der Waals surface area contributed by atoms with Crippen molar-refractivity contribution in [1.29, 1.82) is 0 Å². The molecule has 1 amide bonds. The fourth-order valence-electron chi connectivity index (χ4n) is 2.25. The van der Waals surface area contributed by atoms with Crippen LogP contribution in [0.1, 0.15) is 24.4 Å². The number of hydrogen-bond donors (Lipinski definition) is 1. The van der Waals surface area contributed by atoms with Crippen LogP contribution in [0.4, 0.5) is 0 Å². The average molecular weight is 251 g/mol. The van der Waals surface area contributed by atoms with Gasteiger partial charge in [-0.05, 0) is 18.6 Å². The van der Waals surface area contributed by atoms with E-state index >= 15 is 0 Å². The number of methoxy groups -OCH3 is 3. The van der Waals surface area contributed by atoms with Gasteiger partial charge in [-0.2, -0.15) is 0 Å². The summed E-state index contributed by atoms with van der Waals surface area (Å²) in [6.45, 7) is 0. The predicted molar refractivity (Wildman–Crippen MR) is 66.2 cm³/mol. The quantitative estimate of drug-likeness (QED) is 0.884. The molecule has 1 aliphatic heterocycles. The first-order valence-electron chi connectivity index (χ1n) is 5.79. The van der Waals surface area contributed by atoms with Crippen LogP contribution in [0.15, 0.2) is 12.1 Å². The zero-order chi connectivity index (χ0) is 13.1. The molecule has 1 fully saturated rings. The molecule has 0 radical (unpaired) electrons. The third-order valence-corrected chi connectivity index (χ3v) is 3.11. The fourth-order valence-corrected chi connectivity index (χ4v) is 2.25. The topological polar surface area (TPSA) is 56.8 Å². The Morgan fingerprint density at radius 3 is 2.33 bits per heavy atom. The van der Waals surface area contributed by atoms with Gasteiger partial charge < -0.3 is 19.5 Å². The lowest BCUT2D eigenvalue weighted by Crippen LogP contribution is -2.19. The summed E-state index contributed by atoms with van der Waals surface area (Å²) in [5.41, 5.74) is 0.918. The highest BCUT2D eigenvalue weighted by atomic mass is 16.5. The Kier molecular flexibility index (Phi) is 3.60. The molecule has 0 aliphatic carbocycles. The lowest BCUT2D eigenvalue weighted by atomic mass is 10.0. The molecule has 1 aromatic carbocycles. The molecule has 5 heteroatoms. The number of benzene rings is 1. The van der Waals surface area contributed by atoms with Gasteiger partial charge in [0.15, 0.2) is 11.5 Å². The molecule has 0 saturated carbocycles. The Morgan fingerprint density at radius 1 is 1.11 bits per heavy atom. The van der Waals surface area contributed by atoms with Gasteiger partial charge in [0.1, 0.15) is 0 Å². The van der Waals surface area contributed by atoms with Gasteiger partial charge in [0.25, 0.3) is 0 Å². The summed E-state index contributed by atoms with van der Waals surface area (Å²) in [5.74, 6) is 1.85. The summed E-state index contributed by atoms with van der Waals surface area (Å²) in [6.07, 6.45) is 1.31. The van der Waals surface area contributed by atoms with Crippen molar-refractivity contribution in [3.05, 3.63) is 17.7 Å². The van der Waals surface area contributed by atoms with Gasteiger partial charge in [-0.3, -0.25) is 4.79 Å². The largest absolute Gasteiger partial charge is 0.493 e. The maximum absolute atomic E-state index is 11.3. The normalized spacial score (nSPS) is 18.4. The van der Waals surface area contributed by atoms with Gasteiger partial charge in [-0.15, -0.1) is 0 Å². The van der Waals surface area contributed by atoms with Gasteiger partial charge in [0.2, 0.25) is 11.7 Å². The van der Waals surface area contributed by atoms with Crippen molar-refractivity contribution in [2.45, 2.75) is 18.9 Å². The van der Waals surface area contributed by atoms with Crippen LogP contribution in [0.3, 0.4) is 0 Å². The number of ether oxygens (including phenoxy) is 3. The van der Waals surface area contributed by atoms with E-state index in [1.807, 2.05) is 12.1 Å². The monoisotopic (exact) mass is 251 g/mol. The predicted octanol–water partition coefficient (Wildman–Crippen LogP) is 1.66. The minimum atomic E-state index is -0.0211. The highest BCUT2D eigenvalue weighted by Crippen LogP contribution is 2.43. The van der Waals surface area contributed by atoms with Crippen molar-refractivity contribution >= 4 is 5.91 Å². The van der Waals surface area contributed by atoms with E-state index in [1.54, 1.807) is 21.3 Å². The lowest BCUT2D eigenvalue weighted by molar-refractivity contribution is -0.119. The second kappa shape index (κ2) is 5.16. The smallest absolute Gasteiger partial charge is 0.220 e. The molecule has 1 aliphatic rings. The van der Waals surface area contributed by atoms with Gasteiger partial charge >= 0.3 is 0 Å². The van der Waals surface area contributed by atoms with E-state index in [1.165, 1.54) is 0 Å². The zero-order valence-corrected chi connectivity index (χ0v) is 10.8. The van der Waals surface area contributed by atoms with Gasteiger partial charge in [0.05, 0.1) is 27.4 Å². The van der Waals surface area contributed by atoms with Crippen molar-refractivity contribution in [2.75, 3.05) is 21.3 Å². The lowest BCUT2D eigenvalue weighted by Gasteiger charge is -2.19. The van der Waals surface area contributed by atoms with Crippen LogP contribution in [0.2, 0.25) is 0 Å². The first kappa shape index (κ1) is 12.5. The first-order valence-corrected chi connectivity index (χ1v) is 5.79. The molecule has 0 spiro atoms. The van der Waals surface area contributed by atoms with E-state index in [2.05, 4.69) is 5.32 Å². The molecule has 1 N–H and O–H groups in total. The van der Waals surface area contributed by atoms with Crippen molar-refractivity contribution in [3.63, 3.8) is 0 Å². The van der Waals surface area contributed by atoms with Crippen LogP contribution in [0, 0.1) is 0 Å². The third-order valence-electron chi connectivity index (χ3n) is 3.11. The molecule has 0 bridgehead atoms. The molecule has 1 unspecified atom stereocenters. The van der Waals surface area contributed by atoms with E-state index in [0.29, 0.717) is 23.7 Å². The summed E-state index contributed by atoms with van der Waals surface area (Å²) < 4.78 is 15.9. The van der Waals surface area contributed by atoms with Crippen LogP contribution in [0.5, 0.6) is 17.2 Å². The molecule has 0 aromatic heterocycles. The summed E-state index contributed by atoms with van der Waals surface area (Å²) in [5, 5.41) is 2.92. The summed E-state index contributed by atoms with van der Waals surface area (Å²) in [4.78, 5) is 11.3. The molecule has 2 rings (SSSR count). The maximum atomic E-state index is 11.3. The average Bonchev–Trinajstić information content (AvgIpc) is 2.83. The fraction of sp³-hybridized carbons (Fsp3) is 0.462. The van der Waals surface area contributed by atoms with E-state index in [4.69, 9.17) is 14.2 Å².